The first-order valence-electron chi connectivity index (χ1n) is 6.08. The van der Waals surface area contributed by atoms with Gasteiger partial charge in [0.1, 0.15) is 17.4 Å². The van der Waals surface area contributed by atoms with Crippen LogP contribution in [0.5, 0.6) is 0 Å². The highest BCUT2D eigenvalue weighted by Gasteiger charge is 2.18. The largest absolute Gasteiger partial charge is 0.292 e. The van der Waals surface area contributed by atoms with Gasteiger partial charge in [0, 0.05) is 0 Å². The number of nitrogens with zero attached hydrogens (tertiary/aromatic N) is 3. The summed E-state index contributed by atoms with van der Waals surface area (Å²) in [6.45, 7) is 0. The Bertz CT molecular complexity index is 857. The summed E-state index contributed by atoms with van der Waals surface area (Å²) >= 11 is 18.6. The predicted octanol–water partition coefficient (Wildman–Crippen LogP) is 4.94. The van der Waals surface area contributed by atoms with Crippen LogP contribution in [0.2, 0.25) is 10.0 Å². The van der Waals surface area contributed by atoms with Crippen molar-refractivity contribution in [3.05, 3.63) is 57.8 Å². The molecule has 3 nitrogen and oxygen atoms in total. The molecule has 0 N–H and O–H groups in total. The van der Waals surface area contributed by atoms with E-state index in [2.05, 4.69) is 11.1 Å². The van der Waals surface area contributed by atoms with Crippen LogP contribution in [0.25, 0.3) is 16.7 Å². The SMILES string of the molecule is N#Cc1cccc2c1nc(CCl)n2-c1c(Cl)cccc1Cl. The molecule has 0 amide bonds. The van der Waals surface area contributed by atoms with Crippen molar-refractivity contribution in [2.75, 3.05) is 0 Å². The molecule has 0 aliphatic heterocycles. The van der Waals surface area contributed by atoms with Crippen molar-refractivity contribution in [2.45, 2.75) is 5.88 Å². The van der Waals surface area contributed by atoms with Crippen LogP contribution in [-0.4, -0.2) is 9.55 Å². The summed E-state index contributed by atoms with van der Waals surface area (Å²) in [5.41, 5.74) is 2.45. The monoisotopic (exact) mass is 335 g/mol. The van der Waals surface area contributed by atoms with Gasteiger partial charge in [-0.1, -0.05) is 35.3 Å². The number of benzene rings is 2. The number of fused-ring (bicyclic) bond motifs is 1. The summed E-state index contributed by atoms with van der Waals surface area (Å²) < 4.78 is 1.80. The Kier molecular flexibility index (Phi) is 3.77. The molecule has 104 valence electrons. The molecule has 21 heavy (non-hydrogen) atoms. The Balaban J connectivity index is 2.45. The summed E-state index contributed by atoms with van der Waals surface area (Å²) in [6, 6.07) is 12.8. The number of nitriles is 1. The Morgan fingerprint density at radius 1 is 1.10 bits per heavy atom. The minimum atomic E-state index is 0.182. The number of rotatable bonds is 2. The van der Waals surface area contributed by atoms with Crippen molar-refractivity contribution >= 4 is 45.8 Å². The summed E-state index contributed by atoms with van der Waals surface area (Å²) in [6.07, 6.45) is 0. The van der Waals surface area contributed by atoms with Crippen LogP contribution in [0.1, 0.15) is 11.4 Å². The molecule has 0 atom stereocenters. The maximum Gasteiger partial charge on any atom is 0.129 e. The Morgan fingerprint density at radius 2 is 1.76 bits per heavy atom. The van der Waals surface area contributed by atoms with Gasteiger partial charge >= 0.3 is 0 Å². The van der Waals surface area contributed by atoms with E-state index in [0.717, 1.165) is 5.52 Å². The topological polar surface area (TPSA) is 41.6 Å². The van der Waals surface area contributed by atoms with Crippen LogP contribution in [0.15, 0.2) is 36.4 Å². The summed E-state index contributed by atoms with van der Waals surface area (Å²) in [7, 11) is 0. The van der Waals surface area contributed by atoms with E-state index in [1.165, 1.54) is 0 Å². The van der Waals surface area contributed by atoms with Gasteiger partial charge in [-0.2, -0.15) is 5.26 Å². The second-order valence-electron chi connectivity index (χ2n) is 4.35. The first-order chi connectivity index (χ1) is 10.2. The van der Waals surface area contributed by atoms with E-state index in [9.17, 15) is 5.26 Å². The molecule has 0 saturated carbocycles. The number of para-hydroxylation sites is 2. The molecule has 0 fully saturated rings. The maximum absolute atomic E-state index is 9.20. The van der Waals surface area contributed by atoms with Gasteiger partial charge < -0.3 is 0 Å². The van der Waals surface area contributed by atoms with Gasteiger partial charge in [0.2, 0.25) is 0 Å². The van der Waals surface area contributed by atoms with Gasteiger partial charge in [-0.05, 0) is 24.3 Å². The quantitative estimate of drug-likeness (QED) is 0.622. The lowest BCUT2D eigenvalue weighted by molar-refractivity contribution is 0.982. The van der Waals surface area contributed by atoms with E-state index >= 15 is 0 Å². The van der Waals surface area contributed by atoms with Crippen LogP contribution < -0.4 is 0 Å². The van der Waals surface area contributed by atoms with E-state index in [1.54, 1.807) is 34.9 Å². The van der Waals surface area contributed by atoms with Crippen LogP contribution >= 0.6 is 34.8 Å². The predicted molar refractivity (Wildman–Crippen MR) is 85.4 cm³/mol. The zero-order valence-electron chi connectivity index (χ0n) is 10.6. The standard InChI is InChI=1S/C15H8Cl3N3/c16-7-13-20-14-9(8-19)3-1-6-12(14)21(13)15-10(17)4-2-5-11(15)18/h1-6H,7H2. The second kappa shape index (κ2) is 5.57. The normalized spacial score (nSPS) is 10.8. The third-order valence-electron chi connectivity index (χ3n) is 3.16. The lowest BCUT2D eigenvalue weighted by Gasteiger charge is -2.11. The number of halogens is 3. The molecule has 0 radical (unpaired) electrons. The van der Waals surface area contributed by atoms with E-state index < -0.39 is 0 Å². The first-order valence-corrected chi connectivity index (χ1v) is 7.37. The molecule has 6 heteroatoms. The highest BCUT2D eigenvalue weighted by molar-refractivity contribution is 6.37. The van der Waals surface area contributed by atoms with Gasteiger partial charge in [0.25, 0.3) is 0 Å². The molecule has 3 aromatic rings. The van der Waals surface area contributed by atoms with E-state index in [4.69, 9.17) is 34.8 Å². The minimum Gasteiger partial charge on any atom is -0.292 e. The van der Waals surface area contributed by atoms with Crippen molar-refractivity contribution in [1.82, 2.24) is 9.55 Å². The smallest absolute Gasteiger partial charge is 0.129 e. The fourth-order valence-corrected chi connectivity index (χ4v) is 3.03. The average molecular weight is 337 g/mol. The van der Waals surface area contributed by atoms with Crippen LogP contribution in [-0.2, 0) is 5.88 Å². The van der Waals surface area contributed by atoms with Crippen molar-refractivity contribution < 1.29 is 0 Å². The second-order valence-corrected chi connectivity index (χ2v) is 5.43. The van der Waals surface area contributed by atoms with Gasteiger partial charge in [-0.3, -0.25) is 4.57 Å². The molecule has 0 bridgehead atoms. The Labute approximate surface area is 136 Å². The third-order valence-corrected chi connectivity index (χ3v) is 4.00. The molecule has 0 aliphatic rings. The molecule has 2 aromatic carbocycles. The number of alkyl halides is 1. The lowest BCUT2D eigenvalue weighted by Crippen LogP contribution is -2.01. The molecule has 0 spiro atoms. The highest BCUT2D eigenvalue weighted by Crippen LogP contribution is 2.33. The maximum atomic E-state index is 9.20. The molecule has 0 aliphatic carbocycles. The summed E-state index contributed by atoms with van der Waals surface area (Å²) in [5.74, 6) is 0.769. The van der Waals surface area contributed by atoms with Crippen molar-refractivity contribution in [3.8, 4) is 11.8 Å². The van der Waals surface area contributed by atoms with Gasteiger partial charge in [0.05, 0.1) is 32.7 Å². The van der Waals surface area contributed by atoms with Crippen LogP contribution in [0, 0.1) is 11.3 Å². The van der Waals surface area contributed by atoms with E-state index in [-0.39, 0.29) is 5.88 Å². The zero-order chi connectivity index (χ0) is 15.0. The van der Waals surface area contributed by atoms with Gasteiger partial charge in [-0.25, -0.2) is 4.98 Å². The average Bonchev–Trinajstić information content (AvgIpc) is 2.86. The molecule has 1 heterocycles. The number of hydrogen-bond acceptors (Lipinski definition) is 2. The van der Waals surface area contributed by atoms with Gasteiger partial charge in [-0.15, -0.1) is 11.6 Å². The van der Waals surface area contributed by atoms with Crippen LogP contribution in [0.4, 0.5) is 0 Å². The molecule has 0 saturated heterocycles. The van der Waals surface area contributed by atoms with E-state index in [0.29, 0.717) is 32.6 Å². The minimum absolute atomic E-state index is 0.182. The molecular formula is C15H8Cl3N3. The fourth-order valence-electron chi connectivity index (χ4n) is 2.28. The van der Waals surface area contributed by atoms with E-state index in [1.807, 2.05) is 6.07 Å². The first kappa shape index (κ1) is 14.2. The molecule has 3 rings (SSSR count). The van der Waals surface area contributed by atoms with Gasteiger partial charge in [0.15, 0.2) is 0 Å². The molecular weight excluding hydrogens is 329 g/mol. The Hall–Kier alpha value is -1.73. The number of aromatic nitrogens is 2. The Morgan fingerprint density at radius 3 is 2.38 bits per heavy atom. The van der Waals surface area contributed by atoms with Crippen molar-refractivity contribution in [1.29, 1.82) is 5.26 Å². The fraction of sp³-hybridized carbons (Fsp3) is 0.0667. The van der Waals surface area contributed by atoms with Crippen molar-refractivity contribution in [2.24, 2.45) is 0 Å². The highest BCUT2D eigenvalue weighted by atomic mass is 35.5. The summed E-state index contributed by atoms with van der Waals surface area (Å²) in [4.78, 5) is 4.45. The lowest BCUT2D eigenvalue weighted by atomic mass is 10.2. The number of imidazole rings is 1. The molecule has 1 aromatic heterocycles. The summed E-state index contributed by atoms with van der Waals surface area (Å²) in [5, 5.41) is 10.2. The van der Waals surface area contributed by atoms with Crippen LogP contribution in [0.3, 0.4) is 0 Å². The zero-order valence-corrected chi connectivity index (χ0v) is 12.9. The third kappa shape index (κ3) is 2.26. The molecule has 0 unspecified atom stereocenters. The number of hydrogen-bond donors (Lipinski definition) is 0. The van der Waals surface area contributed by atoms with Crippen molar-refractivity contribution in [3.63, 3.8) is 0 Å².